The zero-order chi connectivity index (χ0) is 36.8. The number of rotatable bonds is 19. The third-order valence-corrected chi connectivity index (χ3v) is 8.72. The molecule has 284 valence electrons. The SMILES string of the molecule is COCCCN1CCOc2ccc(CO[C@H]3CN(C(=O)OC(C)OC(=O)C(C)C)C[C@@H](OC[C@@H](C)O)[C@@H]3c3ccc(COCCOC)cc3)cc21. The lowest BCUT2D eigenvalue weighted by Crippen LogP contribution is -2.55. The van der Waals surface area contributed by atoms with Crippen molar-refractivity contribution in [2.45, 2.75) is 77.8 Å². The highest BCUT2D eigenvalue weighted by Gasteiger charge is 2.42. The molecule has 2 aromatic rings. The van der Waals surface area contributed by atoms with E-state index in [1.165, 1.54) is 11.8 Å². The van der Waals surface area contributed by atoms with Crippen LogP contribution in [-0.4, -0.2) is 120 Å². The second-order valence-corrected chi connectivity index (χ2v) is 13.3. The van der Waals surface area contributed by atoms with Gasteiger partial charge in [0.2, 0.25) is 6.29 Å². The Balaban J connectivity index is 1.58. The van der Waals surface area contributed by atoms with Crippen molar-refractivity contribution in [2.75, 3.05) is 78.3 Å². The molecular formula is C38H56N2O11. The van der Waals surface area contributed by atoms with Crippen molar-refractivity contribution in [3.63, 3.8) is 0 Å². The minimum Gasteiger partial charge on any atom is -0.490 e. The number of amides is 1. The topological polar surface area (TPSA) is 135 Å². The van der Waals surface area contributed by atoms with Crippen LogP contribution in [0.5, 0.6) is 5.75 Å². The first-order chi connectivity index (χ1) is 24.6. The smallest absolute Gasteiger partial charge is 0.413 e. The van der Waals surface area contributed by atoms with E-state index in [0.29, 0.717) is 33.0 Å². The Morgan fingerprint density at radius 1 is 0.882 bits per heavy atom. The van der Waals surface area contributed by atoms with Crippen molar-refractivity contribution < 1.29 is 52.6 Å². The molecule has 0 saturated carbocycles. The van der Waals surface area contributed by atoms with Gasteiger partial charge in [0.15, 0.2) is 0 Å². The average molecular weight is 717 g/mol. The summed E-state index contributed by atoms with van der Waals surface area (Å²) in [5.74, 6) is -0.293. The first-order valence-electron chi connectivity index (χ1n) is 17.8. The van der Waals surface area contributed by atoms with Crippen LogP contribution < -0.4 is 9.64 Å². The van der Waals surface area contributed by atoms with Crippen molar-refractivity contribution >= 4 is 17.7 Å². The first kappa shape index (κ1) is 40.3. The third kappa shape index (κ3) is 12.3. The lowest BCUT2D eigenvalue weighted by atomic mass is 9.84. The summed E-state index contributed by atoms with van der Waals surface area (Å²) in [4.78, 5) is 29.5. The molecule has 2 aromatic carbocycles. The summed E-state index contributed by atoms with van der Waals surface area (Å²) in [6.45, 7) is 11.7. The molecule has 1 unspecified atom stereocenters. The number of esters is 1. The molecule has 1 fully saturated rings. The van der Waals surface area contributed by atoms with Crippen LogP contribution in [0.15, 0.2) is 42.5 Å². The minimum absolute atomic E-state index is 0.0638. The van der Waals surface area contributed by atoms with Crippen molar-refractivity contribution in [3.05, 3.63) is 59.2 Å². The van der Waals surface area contributed by atoms with Gasteiger partial charge >= 0.3 is 12.1 Å². The zero-order valence-electron chi connectivity index (χ0n) is 30.9. The highest BCUT2D eigenvalue weighted by molar-refractivity contribution is 5.72. The van der Waals surface area contributed by atoms with E-state index in [2.05, 4.69) is 11.0 Å². The van der Waals surface area contributed by atoms with Gasteiger partial charge in [-0.2, -0.15) is 0 Å². The quantitative estimate of drug-likeness (QED) is 0.125. The van der Waals surface area contributed by atoms with Gasteiger partial charge in [0.1, 0.15) is 12.4 Å². The molecule has 0 bridgehead atoms. The molecular weight excluding hydrogens is 660 g/mol. The van der Waals surface area contributed by atoms with Gasteiger partial charge < -0.3 is 52.8 Å². The maximum Gasteiger partial charge on any atom is 0.413 e. The standard InChI is InChI=1S/C38H56N2O11/c1-26(2)37(42)50-28(4)51-38(43)40-21-34(48-23-27(3)41)36(31-11-8-29(9-12-31)24-46-19-18-45-6)35(22-40)49-25-30-10-13-33-32(20-30)39(15-17-47-33)14-7-16-44-5/h8-13,20,26-28,34-36,41H,7,14-19,21-25H2,1-6H3/t27-,28?,34-,35+,36+/m1/s1. The van der Waals surface area contributed by atoms with Crippen molar-refractivity contribution in [2.24, 2.45) is 5.92 Å². The summed E-state index contributed by atoms with van der Waals surface area (Å²) in [6.07, 6.45) is -2.63. The fraction of sp³-hybridized carbons (Fsp3) is 0.632. The number of fused-ring (bicyclic) bond motifs is 1. The number of aliphatic hydroxyl groups is 1. The van der Waals surface area contributed by atoms with E-state index in [4.69, 9.17) is 37.9 Å². The Labute approximate surface area is 302 Å². The Morgan fingerprint density at radius 2 is 1.59 bits per heavy atom. The summed E-state index contributed by atoms with van der Waals surface area (Å²) in [5.41, 5.74) is 3.93. The van der Waals surface area contributed by atoms with Gasteiger partial charge in [0.05, 0.1) is 82.6 Å². The van der Waals surface area contributed by atoms with Crippen LogP contribution in [0.3, 0.4) is 0 Å². The van der Waals surface area contributed by atoms with E-state index in [1.54, 1.807) is 35.0 Å². The summed E-state index contributed by atoms with van der Waals surface area (Å²) >= 11 is 0. The number of aliphatic hydroxyl groups excluding tert-OH is 1. The number of carbonyl (C=O) groups excluding carboxylic acids is 2. The molecule has 0 aliphatic carbocycles. The lowest BCUT2D eigenvalue weighted by Gasteiger charge is -2.43. The number of anilines is 1. The highest BCUT2D eigenvalue weighted by atomic mass is 16.7. The number of ether oxygens (including phenoxy) is 8. The number of carbonyl (C=O) groups is 2. The molecule has 13 heteroatoms. The molecule has 4 rings (SSSR count). The Kier molecular flexibility index (Phi) is 16.2. The average Bonchev–Trinajstić information content (AvgIpc) is 3.11. The molecule has 0 aromatic heterocycles. The molecule has 0 spiro atoms. The second kappa shape index (κ2) is 20.5. The van der Waals surface area contributed by atoms with Gasteiger partial charge in [-0.3, -0.25) is 4.79 Å². The number of hydrogen-bond acceptors (Lipinski definition) is 12. The molecule has 0 radical (unpaired) electrons. The van der Waals surface area contributed by atoms with Crippen molar-refractivity contribution in [1.82, 2.24) is 4.90 Å². The van der Waals surface area contributed by atoms with E-state index in [0.717, 1.165) is 47.6 Å². The molecule has 1 N–H and O–H groups in total. The second-order valence-electron chi connectivity index (χ2n) is 13.3. The summed E-state index contributed by atoms with van der Waals surface area (Å²) in [6, 6.07) is 14.1. The van der Waals surface area contributed by atoms with Crippen LogP contribution in [0.4, 0.5) is 10.5 Å². The molecule has 1 saturated heterocycles. The first-order valence-corrected chi connectivity index (χ1v) is 17.8. The molecule has 2 aliphatic rings. The molecule has 2 heterocycles. The largest absolute Gasteiger partial charge is 0.490 e. The van der Waals surface area contributed by atoms with E-state index < -0.39 is 36.7 Å². The van der Waals surface area contributed by atoms with E-state index in [9.17, 15) is 14.7 Å². The Hall–Kier alpha value is -3.46. The molecule has 51 heavy (non-hydrogen) atoms. The van der Waals surface area contributed by atoms with Crippen LogP contribution in [0.1, 0.15) is 56.7 Å². The van der Waals surface area contributed by atoms with Crippen LogP contribution in [0, 0.1) is 5.92 Å². The fourth-order valence-electron chi connectivity index (χ4n) is 6.08. The number of benzene rings is 2. The van der Waals surface area contributed by atoms with Crippen LogP contribution >= 0.6 is 0 Å². The van der Waals surface area contributed by atoms with Gasteiger partial charge in [-0.1, -0.05) is 44.2 Å². The highest BCUT2D eigenvalue weighted by Crippen LogP contribution is 2.36. The van der Waals surface area contributed by atoms with Crippen molar-refractivity contribution in [3.8, 4) is 5.75 Å². The number of likely N-dealkylation sites (tertiary alicyclic amines) is 1. The number of nitrogens with zero attached hydrogens (tertiary/aromatic N) is 2. The van der Waals surface area contributed by atoms with Gasteiger partial charge in [-0.15, -0.1) is 0 Å². The van der Waals surface area contributed by atoms with Crippen molar-refractivity contribution in [1.29, 1.82) is 0 Å². The predicted octanol–water partition coefficient (Wildman–Crippen LogP) is 4.52. The van der Waals surface area contributed by atoms with E-state index in [-0.39, 0.29) is 38.1 Å². The monoisotopic (exact) mass is 716 g/mol. The maximum atomic E-state index is 13.5. The summed E-state index contributed by atoms with van der Waals surface area (Å²) < 4.78 is 45.9. The molecule has 5 atom stereocenters. The maximum absolute atomic E-state index is 13.5. The van der Waals surface area contributed by atoms with Gasteiger partial charge in [0, 0.05) is 40.2 Å². The van der Waals surface area contributed by atoms with E-state index in [1.807, 2.05) is 36.4 Å². The zero-order valence-corrected chi connectivity index (χ0v) is 30.9. The predicted molar refractivity (Wildman–Crippen MR) is 190 cm³/mol. The molecule has 2 aliphatic heterocycles. The van der Waals surface area contributed by atoms with Gasteiger partial charge in [-0.05, 0) is 42.2 Å². The Bertz CT molecular complexity index is 1360. The Morgan fingerprint density at radius 3 is 2.27 bits per heavy atom. The van der Waals surface area contributed by atoms with Crippen LogP contribution in [-0.2, 0) is 51.2 Å². The molecule has 1 amide bonds. The third-order valence-electron chi connectivity index (χ3n) is 8.72. The summed E-state index contributed by atoms with van der Waals surface area (Å²) in [7, 11) is 3.34. The van der Waals surface area contributed by atoms with Crippen LogP contribution in [0.2, 0.25) is 0 Å². The lowest BCUT2D eigenvalue weighted by molar-refractivity contribution is -0.171. The summed E-state index contributed by atoms with van der Waals surface area (Å²) in [5, 5.41) is 10.2. The van der Waals surface area contributed by atoms with Gasteiger partial charge in [0.25, 0.3) is 0 Å². The number of hydrogen-bond donors (Lipinski definition) is 1. The molecule has 13 nitrogen and oxygen atoms in total. The minimum atomic E-state index is -1.08. The fourth-order valence-corrected chi connectivity index (χ4v) is 6.08. The normalized spacial score (nSPS) is 20.0. The number of piperidine rings is 1. The van der Waals surface area contributed by atoms with Gasteiger partial charge in [-0.25, -0.2) is 4.79 Å². The van der Waals surface area contributed by atoms with Crippen LogP contribution in [0.25, 0.3) is 0 Å². The van der Waals surface area contributed by atoms with E-state index >= 15 is 0 Å². The number of methoxy groups -OCH3 is 2.